The number of thiophene rings is 1. The lowest BCUT2D eigenvalue weighted by molar-refractivity contribution is -0.384. The molecular weight excluding hydrogens is 190 g/mol. The van der Waals surface area contributed by atoms with Crippen molar-refractivity contribution >= 4 is 22.8 Å². The van der Waals surface area contributed by atoms with Crippen LogP contribution >= 0.6 is 11.3 Å². The molecule has 1 aromatic heterocycles. The standard InChI is InChI=1S/C8H7NO3S/c10-6-2-1-3-7-8(6)5(4-13-7)9(11)12/h4H,1-3H2. The quantitative estimate of drug-likeness (QED) is 0.512. The first-order chi connectivity index (χ1) is 6.20. The molecule has 0 amide bonds. The zero-order valence-electron chi connectivity index (χ0n) is 6.78. The molecular formula is C8H7NO3S. The van der Waals surface area contributed by atoms with Crippen LogP contribution in [0, 0.1) is 10.1 Å². The zero-order chi connectivity index (χ0) is 9.42. The van der Waals surface area contributed by atoms with Gasteiger partial charge in [0.2, 0.25) is 0 Å². The Morgan fingerprint density at radius 1 is 1.46 bits per heavy atom. The molecule has 0 unspecified atom stereocenters. The minimum atomic E-state index is -0.474. The fourth-order valence-corrected chi connectivity index (χ4v) is 2.59. The van der Waals surface area contributed by atoms with Crippen LogP contribution in [0.2, 0.25) is 0 Å². The van der Waals surface area contributed by atoms with Crippen LogP contribution in [-0.2, 0) is 6.42 Å². The summed E-state index contributed by atoms with van der Waals surface area (Å²) in [4.78, 5) is 22.3. The van der Waals surface area contributed by atoms with Crippen molar-refractivity contribution < 1.29 is 9.72 Å². The number of hydrogen-bond donors (Lipinski definition) is 0. The second-order valence-electron chi connectivity index (χ2n) is 2.95. The normalized spacial score (nSPS) is 15.5. The Kier molecular flexibility index (Phi) is 1.88. The van der Waals surface area contributed by atoms with Gasteiger partial charge in [-0.05, 0) is 12.8 Å². The highest BCUT2D eigenvalue weighted by Crippen LogP contribution is 2.34. The number of nitro groups is 1. The molecule has 0 N–H and O–H groups in total. The Morgan fingerprint density at radius 3 is 2.92 bits per heavy atom. The minimum Gasteiger partial charge on any atom is -0.294 e. The third-order valence-corrected chi connectivity index (χ3v) is 3.16. The van der Waals surface area contributed by atoms with E-state index in [-0.39, 0.29) is 11.5 Å². The maximum absolute atomic E-state index is 11.4. The van der Waals surface area contributed by atoms with Gasteiger partial charge in [0, 0.05) is 11.3 Å². The second kappa shape index (κ2) is 2.92. The fraction of sp³-hybridized carbons (Fsp3) is 0.375. The van der Waals surface area contributed by atoms with Crippen molar-refractivity contribution in [3.63, 3.8) is 0 Å². The summed E-state index contributed by atoms with van der Waals surface area (Å²) < 4.78 is 0. The Labute approximate surface area is 78.3 Å². The van der Waals surface area contributed by atoms with E-state index >= 15 is 0 Å². The van der Waals surface area contributed by atoms with Gasteiger partial charge in [-0.15, -0.1) is 11.3 Å². The number of hydrogen-bond acceptors (Lipinski definition) is 4. The number of ketones is 1. The van der Waals surface area contributed by atoms with Crippen molar-refractivity contribution in [1.29, 1.82) is 0 Å². The van der Waals surface area contributed by atoms with Crippen LogP contribution in [0.4, 0.5) is 5.69 Å². The van der Waals surface area contributed by atoms with Gasteiger partial charge in [-0.2, -0.15) is 0 Å². The van der Waals surface area contributed by atoms with E-state index in [1.807, 2.05) is 0 Å². The summed E-state index contributed by atoms with van der Waals surface area (Å²) in [6.07, 6.45) is 2.08. The number of Topliss-reactive ketones (excluding diaryl/α,β-unsaturated/α-hetero) is 1. The van der Waals surface area contributed by atoms with Crippen LogP contribution in [0.3, 0.4) is 0 Å². The summed E-state index contributed by atoms with van der Waals surface area (Å²) in [5, 5.41) is 12.0. The molecule has 0 saturated carbocycles. The van der Waals surface area contributed by atoms with Crippen LogP contribution < -0.4 is 0 Å². The first-order valence-corrected chi connectivity index (χ1v) is 4.86. The summed E-state index contributed by atoms with van der Waals surface area (Å²) in [5.41, 5.74) is 0.353. The van der Waals surface area contributed by atoms with Gasteiger partial charge < -0.3 is 0 Å². The predicted octanol–water partition coefficient (Wildman–Crippen LogP) is 2.18. The molecule has 0 atom stereocenters. The molecule has 1 heterocycles. The van der Waals surface area contributed by atoms with Crippen molar-refractivity contribution in [1.82, 2.24) is 0 Å². The van der Waals surface area contributed by atoms with Crippen LogP contribution in [-0.4, -0.2) is 10.7 Å². The number of aryl methyl sites for hydroxylation is 1. The van der Waals surface area contributed by atoms with Crippen molar-refractivity contribution in [2.75, 3.05) is 0 Å². The van der Waals surface area contributed by atoms with E-state index in [2.05, 4.69) is 0 Å². The highest BCUT2D eigenvalue weighted by molar-refractivity contribution is 7.10. The molecule has 1 aliphatic carbocycles. The van der Waals surface area contributed by atoms with Gasteiger partial charge in [0.25, 0.3) is 5.69 Å². The van der Waals surface area contributed by atoms with E-state index in [0.29, 0.717) is 12.0 Å². The third-order valence-electron chi connectivity index (χ3n) is 2.13. The van der Waals surface area contributed by atoms with Crippen LogP contribution in [0.1, 0.15) is 28.1 Å². The average Bonchev–Trinajstić information content (AvgIpc) is 2.49. The molecule has 68 valence electrons. The highest BCUT2D eigenvalue weighted by Gasteiger charge is 2.28. The molecule has 0 radical (unpaired) electrons. The van der Waals surface area contributed by atoms with E-state index in [0.717, 1.165) is 17.7 Å². The maximum atomic E-state index is 11.4. The number of nitrogens with zero attached hydrogens (tertiary/aromatic N) is 1. The summed E-state index contributed by atoms with van der Waals surface area (Å²) in [6.45, 7) is 0. The first kappa shape index (κ1) is 8.37. The monoisotopic (exact) mass is 197 g/mol. The molecule has 0 spiro atoms. The minimum absolute atomic E-state index is 0.00954. The molecule has 4 nitrogen and oxygen atoms in total. The number of fused-ring (bicyclic) bond motifs is 1. The number of carbonyl (C=O) groups is 1. The van der Waals surface area contributed by atoms with Crippen molar-refractivity contribution in [3.8, 4) is 0 Å². The first-order valence-electron chi connectivity index (χ1n) is 3.98. The lowest BCUT2D eigenvalue weighted by Gasteiger charge is -2.07. The van der Waals surface area contributed by atoms with Crippen LogP contribution in [0.5, 0.6) is 0 Å². The second-order valence-corrected chi connectivity index (χ2v) is 3.92. The van der Waals surface area contributed by atoms with Crippen molar-refractivity contribution in [2.24, 2.45) is 0 Å². The number of carbonyl (C=O) groups excluding carboxylic acids is 1. The van der Waals surface area contributed by atoms with Gasteiger partial charge >= 0.3 is 0 Å². The molecule has 0 aromatic carbocycles. The molecule has 0 fully saturated rings. The van der Waals surface area contributed by atoms with E-state index < -0.39 is 4.92 Å². The Morgan fingerprint density at radius 2 is 2.23 bits per heavy atom. The predicted molar refractivity (Wildman–Crippen MR) is 48.2 cm³/mol. The third kappa shape index (κ3) is 1.25. The molecule has 0 bridgehead atoms. The fourth-order valence-electron chi connectivity index (χ4n) is 1.54. The summed E-state index contributed by atoms with van der Waals surface area (Å²) in [7, 11) is 0. The van der Waals surface area contributed by atoms with Crippen molar-refractivity contribution in [2.45, 2.75) is 19.3 Å². The van der Waals surface area contributed by atoms with Gasteiger partial charge in [0.1, 0.15) is 5.56 Å². The Hall–Kier alpha value is -1.23. The molecule has 2 rings (SSSR count). The smallest absolute Gasteiger partial charge is 0.291 e. The van der Waals surface area contributed by atoms with E-state index in [1.165, 1.54) is 16.7 Å². The van der Waals surface area contributed by atoms with Crippen molar-refractivity contribution in [3.05, 3.63) is 25.9 Å². The van der Waals surface area contributed by atoms with E-state index in [9.17, 15) is 14.9 Å². The van der Waals surface area contributed by atoms with Gasteiger partial charge in [-0.1, -0.05) is 0 Å². The van der Waals surface area contributed by atoms with Crippen LogP contribution in [0.15, 0.2) is 5.38 Å². The van der Waals surface area contributed by atoms with Gasteiger partial charge in [0.15, 0.2) is 5.78 Å². The maximum Gasteiger partial charge on any atom is 0.291 e. The average molecular weight is 197 g/mol. The van der Waals surface area contributed by atoms with E-state index in [1.54, 1.807) is 0 Å². The topological polar surface area (TPSA) is 60.2 Å². The Bertz CT molecular complexity index is 383. The summed E-state index contributed by atoms with van der Waals surface area (Å²) in [5.74, 6) is -0.0748. The molecule has 1 aliphatic rings. The van der Waals surface area contributed by atoms with Gasteiger partial charge in [-0.3, -0.25) is 14.9 Å². The molecule has 5 heteroatoms. The summed E-state index contributed by atoms with van der Waals surface area (Å²) in [6, 6.07) is 0. The zero-order valence-corrected chi connectivity index (χ0v) is 7.60. The molecule has 0 aliphatic heterocycles. The molecule has 13 heavy (non-hydrogen) atoms. The largest absolute Gasteiger partial charge is 0.294 e. The number of rotatable bonds is 1. The van der Waals surface area contributed by atoms with E-state index in [4.69, 9.17) is 0 Å². The Balaban J connectivity index is 2.56. The molecule has 0 saturated heterocycles. The van der Waals surface area contributed by atoms with Crippen LogP contribution in [0.25, 0.3) is 0 Å². The summed E-state index contributed by atoms with van der Waals surface area (Å²) >= 11 is 1.32. The van der Waals surface area contributed by atoms with Gasteiger partial charge in [0.05, 0.1) is 10.3 Å². The lowest BCUT2D eigenvalue weighted by atomic mass is 9.97. The highest BCUT2D eigenvalue weighted by atomic mass is 32.1. The molecule has 1 aromatic rings. The lowest BCUT2D eigenvalue weighted by Crippen LogP contribution is -2.09. The van der Waals surface area contributed by atoms with Gasteiger partial charge in [-0.25, -0.2) is 0 Å². The SMILES string of the molecule is O=C1CCCc2scc([N+](=O)[O-])c21.